The molecule has 2 aromatic rings. The molecule has 0 spiro atoms. The number of urea groups is 1. The molecule has 1 aliphatic rings. The molecule has 1 aromatic carbocycles. The largest absolute Gasteiger partial charge is 0.480 e. The Morgan fingerprint density at radius 3 is 2.41 bits per heavy atom. The number of amides is 3. The van der Waals surface area contributed by atoms with E-state index < -0.39 is 23.9 Å². The molecule has 170 valence electrons. The molecule has 1 aliphatic carbocycles. The maximum atomic E-state index is 11.6. The molecular formula is C23H28N4O4S. The van der Waals surface area contributed by atoms with Gasteiger partial charge in [-0.1, -0.05) is 55.7 Å². The van der Waals surface area contributed by atoms with E-state index in [1.165, 1.54) is 17.8 Å². The fourth-order valence-corrected chi connectivity index (χ4v) is 4.89. The van der Waals surface area contributed by atoms with E-state index in [1.54, 1.807) is 6.07 Å². The van der Waals surface area contributed by atoms with Crippen LogP contribution in [0, 0.1) is 0 Å². The van der Waals surface area contributed by atoms with E-state index >= 15 is 0 Å². The summed E-state index contributed by atoms with van der Waals surface area (Å²) >= 11 is 1.21. The van der Waals surface area contributed by atoms with Crippen LogP contribution in [0.2, 0.25) is 0 Å². The summed E-state index contributed by atoms with van der Waals surface area (Å²) < 4.78 is 0. The van der Waals surface area contributed by atoms with Crippen LogP contribution in [-0.2, 0) is 4.79 Å². The van der Waals surface area contributed by atoms with Crippen molar-refractivity contribution < 1.29 is 19.5 Å². The molecule has 0 saturated heterocycles. The predicted octanol–water partition coefficient (Wildman–Crippen LogP) is 3.78. The topological polar surface area (TPSA) is 148 Å². The van der Waals surface area contributed by atoms with Gasteiger partial charge in [-0.2, -0.15) is 0 Å². The molecule has 1 saturated carbocycles. The number of carboxylic acids is 1. The highest BCUT2D eigenvalue weighted by atomic mass is 32.1. The second-order valence-electron chi connectivity index (χ2n) is 7.86. The van der Waals surface area contributed by atoms with Gasteiger partial charge in [0.05, 0.1) is 5.56 Å². The number of carboxylic acid groups (broad SMARTS) is 1. The number of anilines is 1. The Morgan fingerprint density at radius 2 is 1.81 bits per heavy atom. The fraction of sp³-hybridized carbons (Fsp3) is 0.348. The van der Waals surface area contributed by atoms with Gasteiger partial charge in [0.2, 0.25) is 0 Å². The number of primary amides is 2. The van der Waals surface area contributed by atoms with Gasteiger partial charge >= 0.3 is 12.0 Å². The van der Waals surface area contributed by atoms with Crippen molar-refractivity contribution in [3.05, 3.63) is 47.5 Å². The Labute approximate surface area is 190 Å². The monoisotopic (exact) mass is 456 g/mol. The van der Waals surface area contributed by atoms with Crippen LogP contribution in [0.25, 0.3) is 16.5 Å². The molecule has 7 N–H and O–H groups in total. The first-order valence-electron chi connectivity index (χ1n) is 10.6. The van der Waals surface area contributed by atoms with E-state index in [-0.39, 0.29) is 11.6 Å². The van der Waals surface area contributed by atoms with Crippen molar-refractivity contribution in [2.45, 2.75) is 50.6 Å². The van der Waals surface area contributed by atoms with E-state index in [9.17, 15) is 19.5 Å². The van der Waals surface area contributed by atoms with Gasteiger partial charge in [0.1, 0.15) is 11.0 Å². The maximum Gasteiger partial charge on any atom is 0.321 e. The summed E-state index contributed by atoms with van der Waals surface area (Å²) in [6.45, 7) is 0. The zero-order chi connectivity index (χ0) is 23.1. The normalized spacial score (nSPS) is 15.5. The molecular weight excluding hydrogens is 428 g/mol. The van der Waals surface area contributed by atoms with Crippen LogP contribution >= 0.6 is 11.3 Å². The number of rotatable bonds is 9. The van der Waals surface area contributed by atoms with E-state index in [4.69, 9.17) is 11.5 Å². The summed E-state index contributed by atoms with van der Waals surface area (Å²) in [5.74, 6) is -1.48. The van der Waals surface area contributed by atoms with Gasteiger partial charge in [-0.15, -0.1) is 11.3 Å². The van der Waals surface area contributed by atoms with Gasteiger partial charge in [-0.3, -0.25) is 14.9 Å². The Hall–Kier alpha value is -3.17. The third-order valence-corrected chi connectivity index (χ3v) is 6.55. The van der Waals surface area contributed by atoms with Gasteiger partial charge in [0.25, 0.3) is 5.91 Å². The van der Waals surface area contributed by atoms with Crippen molar-refractivity contribution in [3.8, 4) is 10.4 Å². The molecule has 0 bridgehead atoms. The zero-order valence-corrected chi connectivity index (χ0v) is 18.5. The molecule has 8 nitrogen and oxygen atoms in total. The number of hydrogen-bond acceptors (Lipinski definition) is 5. The fourth-order valence-electron chi connectivity index (χ4n) is 3.81. The number of aliphatic carboxylic acids is 1. The Balaban J connectivity index is 1.65. The summed E-state index contributed by atoms with van der Waals surface area (Å²) in [6, 6.07) is 8.13. The Kier molecular flexibility index (Phi) is 8.02. The van der Waals surface area contributed by atoms with Crippen LogP contribution in [0.1, 0.15) is 54.4 Å². The minimum atomic E-state index is -0.834. The molecule has 1 fully saturated rings. The summed E-state index contributed by atoms with van der Waals surface area (Å²) in [4.78, 5) is 35.1. The maximum absolute atomic E-state index is 11.6. The van der Waals surface area contributed by atoms with E-state index in [0.717, 1.165) is 41.7 Å². The van der Waals surface area contributed by atoms with E-state index in [0.29, 0.717) is 11.4 Å². The van der Waals surface area contributed by atoms with Crippen LogP contribution in [-0.4, -0.2) is 35.1 Å². The second kappa shape index (κ2) is 10.9. The molecule has 3 rings (SSSR count). The number of nitrogens with two attached hydrogens (primary N) is 2. The van der Waals surface area contributed by atoms with Crippen molar-refractivity contribution in [3.63, 3.8) is 0 Å². The molecule has 3 amide bonds. The molecule has 0 unspecified atom stereocenters. The molecule has 9 heteroatoms. The van der Waals surface area contributed by atoms with E-state index in [1.807, 2.05) is 36.4 Å². The second-order valence-corrected chi connectivity index (χ2v) is 8.91. The zero-order valence-electron chi connectivity index (χ0n) is 17.7. The van der Waals surface area contributed by atoms with E-state index in [2.05, 4.69) is 10.6 Å². The quantitative estimate of drug-likeness (QED) is 0.389. The third-order valence-electron chi connectivity index (χ3n) is 5.45. The summed E-state index contributed by atoms with van der Waals surface area (Å²) in [6.07, 6.45) is 9.76. The lowest BCUT2D eigenvalue weighted by Crippen LogP contribution is -2.43. The number of carbonyl (C=O) groups excluding carboxylic acids is 2. The number of thiophene rings is 1. The highest BCUT2D eigenvalue weighted by molar-refractivity contribution is 7.20. The number of carbonyl (C=O) groups is 3. The highest BCUT2D eigenvalue weighted by Gasteiger charge is 2.21. The lowest BCUT2D eigenvalue weighted by Gasteiger charge is -2.26. The average Bonchev–Trinajstić information content (AvgIpc) is 3.17. The molecule has 1 aromatic heterocycles. The molecule has 0 aliphatic heterocycles. The molecule has 32 heavy (non-hydrogen) atoms. The lowest BCUT2D eigenvalue weighted by molar-refractivity contribution is -0.139. The first-order chi connectivity index (χ1) is 15.3. The predicted molar refractivity (Wildman–Crippen MR) is 127 cm³/mol. The SMILES string of the molecule is NC(=O)Nc1sc(-c2ccc(C=CC[C@@H](NC3CCCCC3)C(=O)O)cc2)cc1C(N)=O. The van der Waals surface area contributed by atoms with Gasteiger partial charge < -0.3 is 21.9 Å². The highest BCUT2D eigenvalue weighted by Crippen LogP contribution is 2.35. The standard InChI is InChI=1S/C23H28N4O4S/c24-20(28)17-13-19(32-21(17)27-23(25)31)15-11-9-14(10-12-15)5-4-8-18(22(29)30)26-16-6-2-1-3-7-16/h4-5,9-13,16,18,26H,1-3,6-8H2,(H2,24,28)(H,29,30)(H3,25,27,31)/t18-/m1/s1. The van der Waals surface area contributed by atoms with Crippen molar-refractivity contribution in [1.82, 2.24) is 5.32 Å². The summed E-state index contributed by atoms with van der Waals surface area (Å²) in [5.41, 5.74) is 12.5. The van der Waals surface area contributed by atoms with Crippen LogP contribution < -0.4 is 22.1 Å². The minimum absolute atomic E-state index is 0.206. The van der Waals surface area contributed by atoms with Crippen molar-refractivity contribution in [1.29, 1.82) is 0 Å². The van der Waals surface area contributed by atoms with Crippen LogP contribution in [0.5, 0.6) is 0 Å². The first kappa shape index (κ1) is 23.5. The average molecular weight is 457 g/mol. The van der Waals surface area contributed by atoms with Crippen LogP contribution in [0.3, 0.4) is 0 Å². The number of benzene rings is 1. The number of hydrogen-bond donors (Lipinski definition) is 5. The van der Waals surface area contributed by atoms with Crippen molar-refractivity contribution >= 4 is 40.3 Å². The Bertz CT molecular complexity index is 994. The van der Waals surface area contributed by atoms with Crippen molar-refractivity contribution in [2.75, 3.05) is 5.32 Å². The van der Waals surface area contributed by atoms with Gasteiger partial charge in [-0.05, 0) is 36.5 Å². The smallest absolute Gasteiger partial charge is 0.321 e. The van der Waals surface area contributed by atoms with Crippen LogP contribution in [0.4, 0.5) is 9.80 Å². The van der Waals surface area contributed by atoms with Crippen molar-refractivity contribution in [2.24, 2.45) is 11.5 Å². The summed E-state index contributed by atoms with van der Waals surface area (Å²) in [7, 11) is 0. The molecule has 1 heterocycles. The lowest BCUT2D eigenvalue weighted by atomic mass is 9.94. The van der Waals surface area contributed by atoms with Gasteiger partial charge in [0, 0.05) is 10.9 Å². The van der Waals surface area contributed by atoms with Gasteiger partial charge in [0.15, 0.2) is 0 Å². The minimum Gasteiger partial charge on any atom is -0.480 e. The van der Waals surface area contributed by atoms with Crippen LogP contribution in [0.15, 0.2) is 36.4 Å². The summed E-state index contributed by atoms with van der Waals surface area (Å²) in [5, 5.41) is 15.5. The van der Waals surface area contributed by atoms with Gasteiger partial charge in [-0.25, -0.2) is 4.79 Å². The molecule has 0 radical (unpaired) electrons. The molecule has 1 atom stereocenters. The first-order valence-corrected chi connectivity index (χ1v) is 11.4. The Morgan fingerprint density at radius 1 is 1.12 bits per heavy atom. The number of nitrogens with one attached hydrogen (secondary N) is 2. The third kappa shape index (κ3) is 6.41.